The molecule has 0 saturated heterocycles. The van der Waals surface area contributed by atoms with Crippen LogP contribution in [0, 0.1) is 0 Å². The van der Waals surface area contributed by atoms with Crippen LogP contribution >= 0.6 is 0 Å². The van der Waals surface area contributed by atoms with Crippen molar-refractivity contribution in [1.82, 2.24) is 14.5 Å². The number of hydrogen-bond donors (Lipinski definition) is 2. The lowest BCUT2D eigenvalue weighted by Gasteiger charge is -2.10. The van der Waals surface area contributed by atoms with E-state index >= 15 is 0 Å². The highest BCUT2D eigenvalue weighted by molar-refractivity contribution is 5.98. The number of rotatable bonds is 6. The Morgan fingerprint density at radius 1 is 0.969 bits per heavy atom. The molecule has 5 heteroatoms. The summed E-state index contributed by atoms with van der Waals surface area (Å²) >= 11 is 0. The molecule has 0 atom stereocenters. The molecule has 0 bridgehead atoms. The van der Waals surface area contributed by atoms with Gasteiger partial charge in [-0.25, -0.2) is 4.98 Å². The average Bonchev–Trinajstić information content (AvgIpc) is 3.15. The van der Waals surface area contributed by atoms with E-state index in [0.29, 0.717) is 12.2 Å². The van der Waals surface area contributed by atoms with Crippen LogP contribution in [-0.4, -0.2) is 21.1 Å². The Balaban J connectivity index is 1.71. The van der Waals surface area contributed by atoms with E-state index in [9.17, 15) is 4.79 Å². The zero-order valence-corrected chi connectivity index (χ0v) is 18.1. The third-order valence-corrected chi connectivity index (χ3v) is 6.04. The van der Waals surface area contributed by atoms with Gasteiger partial charge in [-0.2, -0.15) is 0 Å². The van der Waals surface area contributed by atoms with Gasteiger partial charge in [0.25, 0.3) is 5.56 Å². The van der Waals surface area contributed by atoms with Crippen LogP contribution < -0.4 is 11.3 Å². The molecule has 0 saturated carbocycles. The second kappa shape index (κ2) is 8.44. The van der Waals surface area contributed by atoms with Crippen molar-refractivity contribution in [3.8, 4) is 22.4 Å². The highest BCUT2D eigenvalue weighted by Gasteiger charge is 2.21. The SMILES string of the molecule is CCc1c(-c2nc3ccc(-c4ccccc4)cc3[nH]c2=O)c2ccccc2n1CCCN. The van der Waals surface area contributed by atoms with Crippen LogP contribution in [0.4, 0.5) is 0 Å². The van der Waals surface area contributed by atoms with E-state index in [1.807, 2.05) is 42.5 Å². The zero-order chi connectivity index (χ0) is 22.1. The normalized spacial score (nSPS) is 11.4. The molecule has 3 N–H and O–H groups in total. The van der Waals surface area contributed by atoms with E-state index in [1.165, 1.54) is 0 Å². The molecule has 0 fully saturated rings. The number of fused-ring (bicyclic) bond motifs is 2. The predicted octanol–water partition coefficient (Wildman–Crippen LogP) is 5.12. The monoisotopic (exact) mass is 422 g/mol. The summed E-state index contributed by atoms with van der Waals surface area (Å²) in [6.45, 7) is 3.58. The standard InChI is InChI=1S/C27H26N4O/c1-2-23-25(20-11-6-7-12-24(20)31(23)16-8-15-28)26-27(32)30-22-17-19(13-14-21(22)29-26)18-9-4-3-5-10-18/h3-7,9-14,17H,2,8,15-16,28H2,1H3,(H,30,32). The molecule has 3 aromatic carbocycles. The van der Waals surface area contributed by atoms with Crippen LogP contribution in [0.5, 0.6) is 0 Å². The van der Waals surface area contributed by atoms with Crippen LogP contribution in [0.25, 0.3) is 44.3 Å². The molecule has 0 aliphatic carbocycles. The summed E-state index contributed by atoms with van der Waals surface area (Å²) in [5.41, 5.74) is 12.9. The van der Waals surface area contributed by atoms with Crippen molar-refractivity contribution in [2.24, 2.45) is 5.73 Å². The van der Waals surface area contributed by atoms with Crippen molar-refractivity contribution in [2.75, 3.05) is 6.54 Å². The molecule has 0 aliphatic heterocycles. The van der Waals surface area contributed by atoms with Crippen molar-refractivity contribution < 1.29 is 0 Å². The summed E-state index contributed by atoms with van der Waals surface area (Å²) < 4.78 is 2.29. The molecule has 0 spiro atoms. The first-order chi connectivity index (χ1) is 15.7. The number of nitrogens with one attached hydrogen (secondary N) is 1. The smallest absolute Gasteiger partial charge is 0.275 e. The first kappa shape index (κ1) is 20.2. The molecule has 5 rings (SSSR count). The molecule has 160 valence electrons. The Kier molecular flexibility index (Phi) is 5.33. The quantitative estimate of drug-likeness (QED) is 0.399. The summed E-state index contributed by atoms with van der Waals surface area (Å²) in [4.78, 5) is 21.2. The van der Waals surface area contributed by atoms with Gasteiger partial charge in [0, 0.05) is 28.7 Å². The summed E-state index contributed by atoms with van der Waals surface area (Å²) in [5.74, 6) is 0. The van der Waals surface area contributed by atoms with E-state index in [4.69, 9.17) is 10.7 Å². The Morgan fingerprint density at radius 2 is 1.75 bits per heavy atom. The first-order valence-corrected chi connectivity index (χ1v) is 11.1. The van der Waals surface area contributed by atoms with Gasteiger partial charge < -0.3 is 15.3 Å². The molecule has 0 aliphatic rings. The van der Waals surface area contributed by atoms with Gasteiger partial charge in [0.2, 0.25) is 0 Å². The number of nitrogens with zero attached hydrogens (tertiary/aromatic N) is 2. The first-order valence-electron chi connectivity index (χ1n) is 11.1. The van der Waals surface area contributed by atoms with E-state index in [1.54, 1.807) is 0 Å². The number of aromatic nitrogens is 3. The lowest BCUT2D eigenvalue weighted by Crippen LogP contribution is -2.13. The third-order valence-electron chi connectivity index (χ3n) is 6.04. The maximum absolute atomic E-state index is 13.3. The van der Waals surface area contributed by atoms with Gasteiger partial charge in [0.1, 0.15) is 5.69 Å². The summed E-state index contributed by atoms with van der Waals surface area (Å²) in [6.07, 6.45) is 1.69. The van der Waals surface area contributed by atoms with Crippen molar-refractivity contribution in [3.63, 3.8) is 0 Å². The van der Waals surface area contributed by atoms with Crippen LogP contribution in [0.1, 0.15) is 19.0 Å². The van der Waals surface area contributed by atoms with E-state index < -0.39 is 0 Å². The maximum atomic E-state index is 13.3. The second-order valence-electron chi connectivity index (χ2n) is 8.00. The van der Waals surface area contributed by atoms with Gasteiger partial charge >= 0.3 is 0 Å². The molecular formula is C27H26N4O. The lowest BCUT2D eigenvalue weighted by molar-refractivity contribution is 0.647. The predicted molar refractivity (Wildman–Crippen MR) is 132 cm³/mol. The number of para-hydroxylation sites is 1. The summed E-state index contributed by atoms with van der Waals surface area (Å²) in [5, 5.41) is 1.06. The number of H-pyrrole nitrogens is 1. The maximum Gasteiger partial charge on any atom is 0.275 e. The number of aryl methyl sites for hydroxylation is 1. The molecule has 32 heavy (non-hydrogen) atoms. The van der Waals surface area contributed by atoms with E-state index in [2.05, 4.69) is 46.8 Å². The number of hydrogen-bond acceptors (Lipinski definition) is 3. The average molecular weight is 423 g/mol. The largest absolute Gasteiger partial charge is 0.344 e. The Hall–Kier alpha value is -3.70. The van der Waals surface area contributed by atoms with E-state index in [-0.39, 0.29) is 5.56 Å². The fourth-order valence-electron chi connectivity index (χ4n) is 4.56. The molecule has 2 aromatic heterocycles. The minimum atomic E-state index is -0.167. The molecular weight excluding hydrogens is 396 g/mol. The van der Waals surface area contributed by atoms with Gasteiger partial charge in [-0.05, 0) is 48.7 Å². The third kappa shape index (κ3) is 3.41. The van der Waals surface area contributed by atoms with Crippen molar-refractivity contribution in [1.29, 1.82) is 0 Å². The van der Waals surface area contributed by atoms with Crippen LogP contribution in [-0.2, 0) is 13.0 Å². The molecule has 0 unspecified atom stereocenters. The fraction of sp³-hybridized carbons (Fsp3) is 0.185. The van der Waals surface area contributed by atoms with Gasteiger partial charge in [-0.3, -0.25) is 4.79 Å². The number of aromatic amines is 1. The second-order valence-corrected chi connectivity index (χ2v) is 8.00. The van der Waals surface area contributed by atoms with E-state index in [0.717, 1.165) is 63.7 Å². The van der Waals surface area contributed by atoms with Gasteiger partial charge in [-0.1, -0.05) is 61.5 Å². The summed E-state index contributed by atoms with van der Waals surface area (Å²) in [6, 6.07) is 24.4. The van der Waals surface area contributed by atoms with Crippen LogP contribution in [0.2, 0.25) is 0 Å². The van der Waals surface area contributed by atoms with Crippen molar-refractivity contribution >= 4 is 21.9 Å². The number of benzene rings is 3. The lowest BCUT2D eigenvalue weighted by atomic mass is 10.0. The molecule has 5 nitrogen and oxygen atoms in total. The van der Waals surface area contributed by atoms with Crippen molar-refractivity contribution in [3.05, 3.63) is 88.8 Å². The molecule has 5 aromatic rings. The Morgan fingerprint density at radius 3 is 2.53 bits per heavy atom. The topological polar surface area (TPSA) is 76.7 Å². The summed E-state index contributed by atoms with van der Waals surface area (Å²) in [7, 11) is 0. The molecule has 0 radical (unpaired) electrons. The van der Waals surface area contributed by atoms with Crippen LogP contribution in [0.15, 0.2) is 77.6 Å². The van der Waals surface area contributed by atoms with Crippen LogP contribution in [0.3, 0.4) is 0 Å². The highest BCUT2D eigenvalue weighted by atomic mass is 16.1. The number of nitrogens with two attached hydrogens (primary N) is 1. The minimum Gasteiger partial charge on any atom is -0.344 e. The minimum absolute atomic E-state index is 0.167. The zero-order valence-electron chi connectivity index (χ0n) is 18.1. The Labute approximate surface area is 186 Å². The highest BCUT2D eigenvalue weighted by Crippen LogP contribution is 2.34. The van der Waals surface area contributed by atoms with Crippen molar-refractivity contribution in [2.45, 2.75) is 26.3 Å². The van der Waals surface area contributed by atoms with Gasteiger partial charge in [-0.15, -0.1) is 0 Å². The Bertz CT molecular complexity index is 1460. The molecule has 2 heterocycles. The fourth-order valence-corrected chi connectivity index (χ4v) is 4.56. The van der Waals surface area contributed by atoms with Gasteiger partial charge in [0.15, 0.2) is 0 Å². The van der Waals surface area contributed by atoms with Gasteiger partial charge in [0.05, 0.1) is 11.0 Å². The molecule has 0 amide bonds.